The average molecular weight is 171 g/mol. The van der Waals surface area contributed by atoms with E-state index in [0.29, 0.717) is 19.6 Å². The molecule has 1 N–H and O–H groups in total. The summed E-state index contributed by atoms with van der Waals surface area (Å²) in [4.78, 5) is 11.0. The number of nitrogens with one attached hydrogen (secondary N) is 1. The first-order valence-electron chi connectivity index (χ1n) is 4.17. The smallest absolute Gasteiger partial charge is 0.220 e. The maximum absolute atomic E-state index is 11.0. The molecule has 3 nitrogen and oxygen atoms in total. The summed E-state index contributed by atoms with van der Waals surface area (Å²) in [6.45, 7) is 4.76. The molecular formula is C9H17NO2. The predicted molar refractivity (Wildman–Crippen MR) is 48.9 cm³/mol. The highest BCUT2D eigenvalue weighted by atomic mass is 16.5. The zero-order chi connectivity index (χ0) is 9.23. The molecule has 0 aromatic carbocycles. The first-order valence-corrected chi connectivity index (χ1v) is 4.17. The van der Waals surface area contributed by atoms with Crippen molar-refractivity contribution in [1.29, 1.82) is 0 Å². The molecule has 0 unspecified atom stereocenters. The molecule has 0 radical (unpaired) electrons. The minimum atomic E-state index is 0.0916. The Bertz CT molecular complexity index is 134. The zero-order valence-electron chi connectivity index (χ0n) is 7.64. The Hall–Kier alpha value is -0.830. The standard InChI is InChI=1S/C9H17NO2/c1-3-4-5-6-9(11)10-7-8-12-2/h3H,1,4-8H2,2H3,(H,10,11). The molecule has 0 atom stereocenters. The lowest BCUT2D eigenvalue weighted by atomic mass is 10.2. The van der Waals surface area contributed by atoms with Crippen LogP contribution < -0.4 is 5.32 Å². The van der Waals surface area contributed by atoms with Crippen LogP contribution in [0.15, 0.2) is 12.7 Å². The van der Waals surface area contributed by atoms with Crippen molar-refractivity contribution < 1.29 is 9.53 Å². The minimum Gasteiger partial charge on any atom is -0.383 e. The predicted octanol–water partition coefficient (Wildman–Crippen LogP) is 1.11. The number of rotatable bonds is 7. The van der Waals surface area contributed by atoms with Crippen LogP contribution in [-0.4, -0.2) is 26.2 Å². The molecule has 12 heavy (non-hydrogen) atoms. The molecule has 0 aromatic heterocycles. The summed E-state index contributed by atoms with van der Waals surface area (Å²) in [5, 5.41) is 2.74. The Morgan fingerprint density at radius 2 is 2.42 bits per heavy atom. The molecule has 1 amide bonds. The molecule has 3 heteroatoms. The van der Waals surface area contributed by atoms with Gasteiger partial charge in [-0.1, -0.05) is 6.08 Å². The number of unbranched alkanes of at least 4 members (excludes halogenated alkanes) is 1. The minimum absolute atomic E-state index is 0.0916. The highest BCUT2D eigenvalue weighted by Gasteiger charge is 1.97. The van der Waals surface area contributed by atoms with Crippen LogP contribution in [0.4, 0.5) is 0 Å². The molecular weight excluding hydrogens is 154 g/mol. The SMILES string of the molecule is C=CCCCC(=O)NCCOC. The summed E-state index contributed by atoms with van der Waals surface area (Å²) in [6.07, 6.45) is 4.18. The second kappa shape index (κ2) is 8.27. The van der Waals surface area contributed by atoms with Gasteiger partial charge in [-0.05, 0) is 12.8 Å². The van der Waals surface area contributed by atoms with Crippen LogP contribution in [0.25, 0.3) is 0 Å². The Morgan fingerprint density at radius 3 is 3.00 bits per heavy atom. The van der Waals surface area contributed by atoms with E-state index in [9.17, 15) is 4.79 Å². The van der Waals surface area contributed by atoms with Gasteiger partial charge >= 0.3 is 0 Å². The number of amides is 1. The van der Waals surface area contributed by atoms with E-state index in [1.54, 1.807) is 7.11 Å². The molecule has 70 valence electrons. The average Bonchev–Trinajstić information content (AvgIpc) is 2.06. The molecule has 0 aliphatic rings. The Labute approximate surface area is 73.8 Å². The van der Waals surface area contributed by atoms with Gasteiger partial charge in [0.25, 0.3) is 0 Å². The van der Waals surface area contributed by atoms with E-state index in [0.717, 1.165) is 12.8 Å². The van der Waals surface area contributed by atoms with Crippen LogP contribution in [0.1, 0.15) is 19.3 Å². The van der Waals surface area contributed by atoms with Gasteiger partial charge < -0.3 is 10.1 Å². The molecule has 0 saturated carbocycles. The van der Waals surface area contributed by atoms with Crippen LogP contribution in [0.5, 0.6) is 0 Å². The number of methoxy groups -OCH3 is 1. The molecule has 0 aromatic rings. The maximum atomic E-state index is 11.0. The van der Waals surface area contributed by atoms with E-state index in [2.05, 4.69) is 11.9 Å². The quantitative estimate of drug-likeness (QED) is 0.460. The molecule has 0 bridgehead atoms. The third kappa shape index (κ3) is 7.28. The summed E-state index contributed by atoms with van der Waals surface area (Å²) >= 11 is 0. The van der Waals surface area contributed by atoms with Gasteiger partial charge in [0.15, 0.2) is 0 Å². The van der Waals surface area contributed by atoms with Gasteiger partial charge in [-0.15, -0.1) is 6.58 Å². The molecule has 0 aliphatic heterocycles. The number of hydrogen-bond donors (Lipinski definition) is 1. The summed E-state index contributed by atoms with van der Waals surface area (Å²) < 4.78 is 4.79. The molecule has 0 heterocycles. The van der Waals surface area contributed by atoms with E-state index in [4.69, 9.17) is 4.74 Å². The van der Waals surface area contributed by atoms with Crippen molar-refractivity contribution in [2.75, 3.05) is 20.3 Å². The fourth-order valence-electron chi connectivity index (χ4n) is 0.788. The molecule has 0 fully saturated rings. The number of carbonyl (C=O) groups is 1. The number of allylic oxidation sites excluding steroid dienone is 1. The van der Waals surface area contributed by atoms with Gasteiger partial charge in [0.1, 0.15) is 0 Å². The van der Waals surface area contributed by atoms with Gasteiger partial charge in [-0.25, -0.2) is 0 Å². The van der Waals surface area contributed by atoms with E-state index < -0.39 is 0 Å². The fraction of sp³-hybridized carbons (Fsp3) is 0.667. The van der Waals surface area contributed by atoms with Gasteiger partial charge in [-0.2, -0.15) is 0 Å². The van der Waals surface area contributed by atoms with Crippen LogP contribution >= 0.6 is 0 Å². The van der Waals surface area contributed by atoms with Crippen molar-refractivity contribution in [3.8, 4) is 0 Å². The molecule has 0 spiro atoms. The van der Waals surface area contributed by atoms with Gasteiger partial charge in [0.05, 0.1) is 6.61 Å². The topological polar surface area (TPSA) is 38.3 Å². The van der Waals surface area contributed by atoms with Crippen LogP contribution in [0.2, 0.25) is 0 Å². The van der Waals surface area contributed by atoms with Gasteiger partial charge in [0.2, 0.25) is 5.91 Å². The second-order valence-electron chi connectivity index (χ2n) is 2.52. The third-order valence-electron chi connectivity index (χ3n) is 1.44. The van der Waals surface area contributed by atoms with E-state index in [-0.39, 0.29) is 5.91 Å². The molecule has 0 aliphatic carbocycles. The third-order valence-corrected chi connectivity index (χ3v) is 1.44. The largest absolute Gasteiger partial charge is 0.383 e. The lowest BCUT2D eigenvalue weighted by molar-refractivity contribution is -0.121. The molecule has 0 rings (SSSR count). The van der Waals surface area contributed by atoms with Crippen molar-refractivity contribution in [3.05, 3.63) is 12.7 Å². The number of ether oxygens (including phenoxy) is 1. The van der Waals surface area contributed by atoms with Crippen molar-refractivity contribution in [3.63, 3.8) is 0 Å². The summed E-state index contributed by atoms with van der Waals surface area (Å²) in [7, 11) is 1.61. The van der Waals surface area contributed by atoms with Crippen LogP contribution in [0, 0.1) is 0 Å². The van der Waals surface area contributed by atoms with Crippen molar-refractivity contribution in [2.24, 2.45) is 0 Å². The van der Waals surface area contributed by atoms with E-state index >= 15 is 0 Å². The van der Waals surface area contributed by atoms with Crippen molar-refractivity contribution >= 4 is 5.91 Å². The summed E-state index contributed by atoms with van der Waals surface area (Å²) in [5.41, 5.74) is 0. The second-order valence-corrected chi connectivity index (χ2v) is 2.52. The number of hydrogen-bond acceptors (Lipinski definition) is 2. The van der Waals surface area contributed by atoms with Gasteiger partial charge in [-0.3, -0.25) is 4.79 Å². The zero-order valence-corrected chi connectivity index (χ0v) is 7.64. The highest BCUT2D eigenvalue weighted by molar-refractivity contribution is 5.75. The van der Waals surface area contributed by atoms with Crippen LogP contribution in [0.3, 0.4) is 0 Å². The Kier molecular flexibility index (Phi) is 7.70. The first kappa shape index (κ1) is 11.2. The van der Waals surface area contributed by atoms with Crippen molar-refractivity contribution in [1.82, 2.24) is 5.32 Å². The lowest BCUT2D eigenvalue weighted by Gasteiger charge is -2.02. The normalized spacial score (nSPS) is 9.42. The summed E-state index contributed by atoms with van der Waals surface area (Å²) in [5.74, 6) is 0.0916. The monoisotopic (exact) mass is 171 g/mol. The number of carbonyl (C=O) groups excluding carboxylic acids is 1. The first-order chi connectivity index (χ1) is 5.81. The van der Waals surface area contributed by atoms with E-state index in [1.165, 1.54) is 0 Å². The maximum Gasteiger partial charge on any atom is 0.220 e. The van der Waals surface area contributed by atoms with Crippen LogP contribution in [-0.2, 0) is 9.53 Å². The van der Waals surface area contributed by atoms with Crippen molar-refractivity contribution in [2.45, 2.75) is 19.3 Å². The highest BCUT2D eigenvalue weighted by Crippen LogP contribution is 1.94. The Balaban J connectivity index is 3.15. The summed E-state index contributed by atoms with van der Waals surface area (Å²) in [6, 6.07) is 0. The molecule has 0 saturated heterocycles. The lowest BCUT2D eigenvalue weighted by Crippen LogP contribution is -2.26. The van der Waals surface area contributed by atoms with E-state index in [1.807, 2.05) is 6.08 Å². The fourth-order valence-corrected chi connectivity index (χ4v) is 0.788. The Morgan fingerprint density at radius 1 is 1.67 bits per heavy atom. The van der Waals surface area contributed by atoms with Gasteiger partial charge in [0, 0.05) is 20.1 Å².